The Morgan fingerprint density at radius 1 is 1.09 bits per heavy atom. The number of aryl methyl sites for hydroxylation is 1. The molecule has 33 heavy (non-hydrogen) atoms. The molecule has 0 aliphatic carbocycles. The molecule has 172 valence electrons. The van der Waals surface area contributed by atoms with Gasteiger partial charge < -0.3 is 8.94 Å². The maximum atomic E-state index is 13.3. The summed E-state index contributed by atoms with van der Waals surface area (Å²) >= 11 is 6.06. The molecule has 2 aromatic heterocycles. The highest BCUT2D eigenvalue weighted by atomic mass is 35.5. The van der Waals surface area contributed by atoms with Crippen molar-refractivity contribution >= 4 is 32.6 Å². The van der Waals surface area contributed by atoms with Gasteiger partial charge in [-0.15, -0.1) is 0 Å². The van der Waals surface area contributed by atoms with Crippen LogP contribution >= 0.6 is 11.6 Å². The van der Waals surface area contributed by atoms with E-state index in [4.69, 9.17) is 20.5 Å². The molecule has 0 saturated carbocycles. The Hall–Kier alpha value is -2.68. The summed E-state index contributed by atoms with van der Waals surface area (Å²) in [7, 11) is -3.60. The molecule has 1 fully saturated rings. The number of sulfonamides is 1. The number of halogens is 1. The van der Waals surface area contributed by atoms with Crippen molar-refractivity contribution in [3.63, 3.8) is 0 Å². The molecule has 2 aromatic carbocycles. The lowest BCUT2D eigenvalue weighted by Gasteiger charge is -2.34. The zero-order valence-corrected chi connectivity index (χ0v) is 20.2. The van der Waals surface area contributed by atoms with Crippen LogP contribution in [0.25, 0.3) is 34.0 Å². The Balaban J connectivity index is 1.51. The van der Waals surface area contributed by atoms with Crippen molar-refractivity contribution in [3.05, 3.63) is 53.1 Å². The van der Waals surface area contributed by atoms with Crippen molar-refractivity contribution in [2.24, 2.45) is 11.8 Å². The predicted octanol–water partition coefficient (Wildman–Crippen LogP) is 5.78. The average Bonchev–Trinajstić information content (AvgIpc) is 3.38. The third kappa shape index (κ3) is 4.07. The first-order valence-electron chi connectivity index (χ1n) is 10.9. The first kappa shape index (κ1) is 22.1. The topological polar surface area (TPSA) is 89.4 Å². The fraction of sp³-hybridized carbons (Fsp3) is 0.333. The largest absolute Gasteiger partial charge is 0.451 e. The summed E-state index contributed by atoms with van der Waals surface area (Å²) in [4.78, 5) is 4.71. The molecule has 1 aliphatic heterocycles. The molecule has 1 aliphatic rings. The molecule has 3 heterocycles. The quantitative estimate of drug-likeness (QED) is 0.364. The summed E-state index contributed by atoms with van der Waals surface area (Å²) in [6, 6.07) is 12.1. The Morgan fingerprint density at radius 2 is 1.85 bits per heavy atom. The van der Waals surface area contributed by atoms with Crippen molar-refractivity contribution in [1.82, 2.24) is 14.4 Å². The lowest BCUT2D eigenvalue weighted by Crippen LogP contribution is -2.42. The van der Waals surface area contributed by atoms with Gasteiger partial charge in [0.25, 0.3) is 5.89 Å². The number of furan rings is 1. The molecular weight excluding hydrogens is 462 g/mol. The Bertz CT molecular complexity index is 1430. The summed E-state index contributed by atoms with van der Waals surface area (Å²) in [5.41, 5.74) is 2.03. The molecular formula is C24H24ClN3O4S. The Labute approximate surface area is 197 Å². The average molecular weight is 486 g/mol. The van der Waals surface area contributed by atoms with E-state index in [1.165, 1.54) is 0 Å². The van der Waals surface area contributed by atoms with Crippen LogP contribution in [0.15, 0.2) is 56.3 Å². The summed E-state index contributed by atoms with van der Waals surface area (Å²) in [6.45, 7) is 7.11. The number of hydrogen-bond donors (Lipinski definition) is 0. The van der Waals surface area contributed by atoms with Gasteiger partial charge in [-0.3, -0.25) is 0 Å². The number of nitrogens with zero attached hydrogens (tertiary/aromatic N) is 3. The minimum atomic E-state index is -3.60. The van der Waals surface area contributed by atoms with E-state index in [2.05, 4.69) is 24.0 Å². The zero-order chi connectivity index (χ0) is 23.3. The molecule has 1 saturated heterocycles. The second kappa shape index (κ2) is 8.27. The molecule has 0 radical (unpaired) electrons. The van der Waals surface area contributed by atoms with Crippen LogP contribution in [0.3, 0.4) is 0 Å². The van der Waals surface area contributed by atoms with Gasteiger partial charge >= 0.3 is 0 Å². The fourth-order valence-corrected chi connectivity index (χ4v) is 6.47. The number of hydrogen-bond acceptors (Lipinski definition) is 6. The Kier molecular flexibility index (Phi) is 5.55. The van der Waals surface area contributed by atoms with Crippen molar-refractivity contribution < 1.29 is 17.4 Å². The van der Waals surface area contributed by atoms with Gasteiger partial charge in [-0.25, -0.2) is 8.42 Å². The van der Waals surface area contributed by atoms with Crippen LogP contribution in [-0.2, 0) is 10.0 Å². The van der Waals surface area contributed by atoms with E-state index in [9.17, 15) is 8.42 Å². The van der Waals surface area contributed by atoms with Gasteiger partial charge in [0.1, 0.15) is 5.58 Å². The fourth-order valence-electron chi connectivity index (χ4n) is 4.58. The van der Waals surface area contributed by atoms with Crippen molar-refractivity contribution in [2.75, 3.05) is 13.1 Å². The molecule has 0 bridgehead atoms. The zero-order valence-electron chi connectivity index (χ0n) is 18.6. The van der Waals surface area contributed by atoms with E-state index in [0.717, 1.165) is 17.5 Å². The predicted molar refractivity (Wildman–Crippen MR) is 126 cm³/mol. The standard InChI is InChI=1S/C24H24ClN3O4S/c1-14-9-15(2)13-28(12-14)33(29,30)19-7-8-21-20(11-19)16(3)22(31-21)24-26-23(27-32-24)17-5-4-6-18(25)10-17/h4-8,10-11,14-15H,9,12-13H2,1-3H3/t14-,15-/m1/s1. The van der Waals surface area contributed by atoms with E-state index >= 15 is 0 Å². The maximum Gasteiger partial charge on any atom is 0.294 e. The molecule has 0 spiro atoms. The van der Waals surface area contributed by atoms with Gasteiger partial charge in [0.15, 0.2) is 5.76 Å². The highest BCUT2D eigenvalue weighted by molar-refractivity contribution is 7.89. The number of aromatic nitrogens is 2. The van der Waals surface area contributed by atoms with Gasteiger partial charge in [-0.2, -0.15) is 9.29 Å². The molecule has 0 unspecified atom stereocenters. The van der Waals surface area contributed by atoms with Gasteiger partial charge in [-0.1, -0.05) is 42.7 Å². The van der Waals surface area contributed by atoms with Gasteiger partial charge in [0, 0.05) is 34.6 Å². The first-order chi connectivity index (χ1) is 15.7. The molecule has 0 N–H and O–H groups in total. The van der Waals surface area contributed by atoms with E-state index in [-0.39, 0.29) is 10.8 Å². The number of fused-ring (bicyclic) bond motifs is 1. The first-order valence-corrected chi connectivity index (χ1v) is 12.7. The minimum absolute atomic E-state index is 0.224. The second-order valence-electron chi connectivity index (χ2n) is 8.92. The van der Waals surface area contributed by atoms with Gasteiger partial charge in [-0.05, 0) is 55.5 Å². The van der Waals surface area contributed by atoms with Crippen LogP contribution in [0.4, 0.5) is 0 Å². The second-order valence-corrected chi connectivity index (χ2v) is 11.3. The van der Waals surface area contributed by atoms with Crippen LogP contribution in [0.5, 0.6) is 0 Å². The molecule has 9 heteroatoms. The summed E-state index contributed by atoms with van der Waals surface area (Å²) in [5.74, 6) is 1.70. The van der Waals surface area contributed by atoms with Crippen molar-refractivity contribution in [2.45, 2.75) is 32.1 Å². The molecule has 2 atom stereocenters. The number of benzene rings is 2. The highest BCUT2D eigenvalue weighted by Gasteiger charge is 2.32. The molecule has 4 aromatic rings. The van der Waals surface area contributed by atoms with Gasteiger partial charge in [0.05, 0.1) is 4.90 Å². The molecule has 7 nitrogen and oxygen atoms in total. The van der Waals surface area contributed by atoms with E-state index in [1.54, 1.807) is 34.6 Å². The van der Waals surface area contributed by atoms with Crippen LogP contribution in [0.1, 0.15) is 25.8 Å². The number of rotatable bonds is 4. The molecule has 5 rings (SSSR count). The molecule has 0 amide bonds. The van der Waals surface area contributed by atoms with E-state index in [1.807, 2.05) is 19.1 Å². The SMILES string of the molecule is Cc1c(-c2nc(-c3cccc(Cl)c3)no2)oc2ccc(S(=O)(=O)N3C[C@H](C)C[C@@H](C)C3)cc12. The Morgan fingerprint density at radius 3 is 2.58 bits per heavy atom. The van der Waals surface area contributed by atoms with Crippen LogP contribution < -0.4 is 0 Å². The summed E-state index contributed by atoms with van der Waals surface area (Å²) in [6.07, 6.45) is 1.04. The van der Waals surface area contributed by atoms with Crippen molar-refractivity contribution in [3.8, 4) is 23.0 Å². The van der Waals surface area contributed by atoms with Crippen molar-refractivity contribution in [1.29, 1.82) is 0 Å². The summed E-state index contributed by atoms with van der Waals surface area (Å²) < 4.78 is 39.7. The minimum Gasteiger partial charge on any atom is -0.451 e. The monoisotopic (exact) mass is 485 g/mol. The normalized spacial score (nSPS) is 19.9. The third-order valence-electron chi connectivity index (χ3n) is 6.08. The van der Waals surface area contributed by atoms with Crippen LogP contribution in [0.2, 0.25) is 5.02 Å². The third-order valence-corrected chi connectivity index (χ3v) is 8.15. The lowest BCUT2D eigenvalue weighted by molar-refractivity contribution is 0.222. The van der Waals surface area contributed by atoms with Crippen LogP contribution in [0, 0.1) is 18.8 Å². The van der Waals surface area contributed by atoms with Crippen LogP contribution in [-0.4, -0.2) is 36.0 Å². The van der Waals surface area contributed by atoms with Gasteiger partial charge in [0.2, 0.25) is 15.8 Å². The van der Waals surface area contributed by atoms with E-state index in [0.29, 0.717) is 52.5 Å². The smallest absolute Gasteiger partial charge is 0.294 e. The number of piperidine rings is 1. The highest BCUT2D eigenvalue weighted by Crippen LogP contribution is 2.35. The maximum absolute atomic E-state index is 13.3. The summed E-state index contributed by atoms with van der Waals surface area (Å²) in [5, 5.41) is 5.31. The lowest BCUT2D eigenvalue weighted by atomic mass is 9.94. The van der Waals surface area contributed by atoms with E-state index < -0.39 is 10.0 Å².